The van der Waals surface area contributed by atoms with Crippen LogP contribution in [-0.4, -0.2) is 20.7 Å². The van der Waals surface area contributed by atoms with Crippen LogP contribution in [0.4, 0.5) is 0 Å². The van der Waals surface area contributed by atoms with Gasteiger partial charge in [-0.05, 0) is 30.1 Å². The predicted octanol–water partition coefficient (Wildman–Crippen LogP) is 1.58. The summed E-state index contributed by atoms with van der Waals surface area (Å²) in [5.41, 5.74) is 1.41. The van der Waals surface area contributed by atoms with Crippen molar-refractivity contribution in [3.63, 3.8) is 0 Å². The van der Waals surface area contributed by atoms with Gasteiger partial charge in [0.15, 0.2) is 0 Å². The van der Waals surface area contributed by atoms with Gasteiger partial charge in [0.25, 0.3) is 0 Å². The van der Waals surface area contributed by atoms with Crippen molar-refractivity contribution in [2.75, 3.05) is 0 Å². The van der Waals surface area contributed by atoms with Crippen LogP contribution in [0.25, 0.3) is 6.08 Å². The number of hydrogen-bond donors (Lipinski definition) is 1. The molecule has 0 atom stereocenters. The zero-order valence-electron chi connectivity index (χ0n) is 6.97. The summed E-state index contributed by atoms with van der Waals surface area (Å²) >= 11 is 1.26. The fourth-order valence-electron chi connectivity index (χ4n) is 0.704. The van der Waals surface area contributed by atoms with Crippen LogP contribution < -0.4 is 0 Å². The van der Waals surface area contributed by atoms with E-state index < -0.39 is 5.97 Å². The van der Waals surface area contributed by atoms with Crippen molar-refractivity contribution in [1.82, 2.24) is 9.59 Å². The summed E-state index contributed by atoms with van der Waals surface area (Å²) in [5.74, 6) is -0.946. The lowest BCUT2D eigenvalue weighted by molar-refractivity contribution is -0.131. The van der Waals surface area contributed by atoms with Crippen LogP contribution >= 0.6 is 11.5 Å². The standard InChI is InChI=1S/C8H8N2O2S/c1-6(4-8(11)12)2-3-7-5-13-10-9-7/h2-5H,1H3,(H,11,12)/b3-2+,6-4-. The van der Waals surface area contributed by atoms with E-state index in [2.05, 4.69) is 9.59 Å². The summed E-state index contributed by atoms with van der Waals surface area (Å²) in [6.07, 6.45) is 4.54. The molecule has 0 spiro atoms. The van der Waals surface area contributed by atoms with Crippen molar-refractivity contribution < 1.29 is 9.90 Å². The second-order valence-electron chi connectivity index (χ2n) is 2.39. The van der Waals surface area contributed by atoms with Gasteiger partial charge >= 0.3 is 5.97 Å². The molecule has 13 heavy (non-hydrogen) atoms. The van der Waals surface area contributed by atoms with Crippen molar-refractivity contribution in [2.45, 2.75) is 6.92 Å². The molecule has 1 rings (SSSR count). The van der Waals surface area contributed by atoms with Crippen LogP contribution in [0.5, 0.6) is 0 Å². The molecule has 0 aliphatic carbocycles. The minimum atomic E-state index is -0.946. The Morgan fingerprint density at radius 2 is 2.46 bits per heavy atom. The highest BCUT2D eigenvalue weighted by Gasteiger charge is 1.91. The molecule has 0 fully saturated rings. The molecule has 0 aliphatic rings. The zero-order valence-corrected chi connectivity index (χ0v) is 7.78. The van der Waals surface area contributed by atoms with Crippen LogP contribution in [0, 0.1) is 0 Å². The number of carboxylic acids is 1. The minimum absolute atomic E-state index is 0.667. The van der Waals surface area contributed by atoms with E-state index in [1.807, 2.05) is 0 Å². The van der Waals surface area contributed by atoms with Gasteiger partial charge in [0.1, 0.15) is 0 Å². The van der Waals surface area contributed by atoms with E-state index in [0.29, 0.717) is 5.57 Å². The maximum absolute atomic E-state index is 10.2. The van der Waals surface area contributed by atoms with Gasteiger partial charge in [0.2, 0.25) is 0 Å². The van der Waals surface area contributed by atoms with E-state index >= 15 is 0 Å². The Bertz CT molecular complexity index is 341. The molecule has 0 aliphatic heterocycles. The highest BCUT2D eigenvalue weighted by atomic mass is 32.1. The smallest absolute Gasteiger partial charge is 0.328 e. The number of aliphatic carboxylic acids is 1. The predicted molar refractivity (Wildman–Crippen MR) is 50.3 cm³/mol. The van der Waals surface area contributed by atoms with Gasteiger partial charge in [0.05, 0.1) is 5.69 Å². The van der Waals surface area contributed by atoms with Gasteiger partial charge in [0, 0.05) is 11.5 Å². The first-order valence-electron chi connectivity index (χ1n) is 3.55. The van der Waals surface area contributed by atoms with E-state index in [1.54, 1.807) is 24.5 Å². The Morgan fingerprint density at radius 3 is 3.00 bits per heavy atom. The number of carboxylic acid groups (broad SMARTS) is 1. The molecule has 0 radical (unpaired) electrons. The number of carbonyl (C=O) groups is 1. The number of hydrogen-bond acceptors (Lipinski definition) is 4. The minimum Gasteiger partial charge on any atom is -0.478 e. The SMILES string of the molecule is CC(=C/C(=O)O)/C=C/c1csnn1. The molecule has 0 saturated heterocycles. The van der Waals surface area contributed by atoms with Crippen LogP contribution in [0.3, 0.4) is 0 Å². The maximum Gasteiger partial charge on any atom is 0.328 e. The van der Waals surface area contributed by atoms with E-state index in [9.17, 15) is 4.79 Å². The molecular weight excluding hydrogens is 188 g/mol. The lowest BCUT2D eigenvalue weighted by Crippen LogP contribution is -1.87. The molecule has 1 aromatic rings. The first kappa shape index (κ1) is 9.60. The lowest BCUT2D eigenvalue weighted by Gasteiger charge is -1.86. The molecule has 1 heterocycles. The third kappa shape index (κ3) is 3.62. The largest absolute Gasteiger partial charge is 0.478 e. The Morgan fingerprint density at radius 1 is 1.69 bits per heavy atom. The molecule has 0 amide bonds. The Hall–Kier alpha value is -1.49. The van der Waals surface area contributed by atoms with Gasteiger partial charge < -0.3 is 5.11 Å². The summed E-state index contributed by atoms with van der Waals surface area (Å²) in [6.45, 7) is 1.71. The van der Waals surface area contributed by atoms with Crippen molar-refractivity contribution in [3.05, 3.63) is 28.8 Å². The molecule has 1 aromatic heterocycles. The second-order valence-corrected chi connectivity index (χ2v) is 3.00. The number of nitrogens with zero attached hydrogens (tertiary/aromatic N) is 2. The Kier molecular flexibility index (Phi) is 3.33. The molecule has 0 bridgehead atoms. The van der Waals surface area contributed by atoms with Crippen molar-refractivity contribution >= 4 is 23.6 Å². The van der Waals surface area contributed by atoms with Gasteiger partial charge in [-0.25, -0.2) is 4.79 Å². The van der Waals surface area contributed by atoms with Crippen LogP contribution in [-0.2, 0) is 4.79 Å². The zero-order chi connectivity index (χ0) is 9.68. The highest BCUT2D eigenvalue weighted by molar-refractivity contribution is 7.03. The monoisotopic (exact) mass is 196 g/mol. The lowest BCUT2D eigenvalue weighted by atomic mass is 10.2. The summed E-state index contributed by atoms with van der Waals surface area (Å²) < 4.78 is 3.67. The first-order chi connectivity index (χ1) is 6.18. The normalized spacial score (nSPS) is 12.2. The van der Waals surface area contributed by atoms with Crippen molar-refractivity contribution in [2.24, 2.45) is 0 Å². The second kappa shape index (κ2) is 4.51. The summed E-state index contributed by atoms with van der Waals surface area (Å²) in [7, 11) is 0. The molecule has 1 N–H and O–H groups in total. The quantitative estimate of drug-likeness (QED) is 0.589. The Balaban J connectivity index is 2.64. The summed E-state index contributed by atoms with van der Waals surface area (Å²) in [4.78, 5) is 10.2. The fourth-order valence-corrected chi connectivity index (χ4v) is 1.13. The molecule has 0 saturated carbocycles. The van der Waals surface area contributed by atoms with E-state index in [1.165, 1.54) is 11.5 Å². The summed E-state index contributed by atoms with van der Waals surface area (Å²) in [5, 5.41) is 14.0. The van der Waals surface area contributed by atoms with E-state index in [-0.39, 0.29) is 0 Å². The van der Waals surface area contributed by atoms with Gasteiger partial charge in [-0.1, -0.05) is 10.6 Å². The number of rotatable bonds is 3. The average molecular weight is 196 g/mol. The molecule has 0 unspecified atom stereocenters. The summed E-state index contributed by atoms with van der Waals surface area (Å²) in [6, 6.07) is 0. The number of allylic oxidation sites excluding steroid dienone is 2. The fraction of sp³-hybridized carbons (Fsp3) is 0.125. The molecular formula is C8H8N2O2S. The van der Waals surface area contributed by atoms with Crippen molar-refractivity contribution in [3.8, 4) is 0 Å². The van der Waals surface area contributed by atoms with Crippen LogP contribution in [0.15, 0.2) is 23.1 Å². The molecule has 4 nitrogen and oxygen atoms in total. The van der Waals surface area contributed by atoms with Gasteiger partial charge in [-0.2, -0.15) is 0 Å². The topological polar surface area (TPSA) is 63.1 Å². The van der Waals surface area contributed by atoms with Gasteiger partial charge in [-0.3, -0.25) is 0 Å². The van der Waals surface area contributed by atoms with Crippen molar-refractivity contribution in [1.29, 1.82) is 0 Å². The van der Waals surface area contributed by atoms with Crippen LogP contribution in [0.1, 0.15) is 12.6 Å². The third-order valence-electron chi connectivity index (χ3n) is 1.25. The molecule has 68 valence electrons. The van der Waals surface area contributed by atoms with E-state index in [4.69, 9.17) is 5.11 Å². The van der Waals surface area contributed by atoms with Gasteiger partial charge in [-0.15, -0.1) is 5.10 Å². The molecule has 0 aromatic carbocycles. The maximum atomic E-state index is 10.2. The highest BCUT2D eigenvalue weighted by Crippen LogP contribution is 2.03. The Labute approximate surface area is 79.4 Å². The third-order valence-corrected chi connectivity index (χ3v) is 1.77. The average Bonchev–Trinajstić information content (AvgIpc) is 2.51. The first-order valence-corrected chi connectivity index (χ1v) is 4.38. The molecule has 5 heteroatoms. The van der Waals surface area contributed by atoms with E-state index in [0.717, 1.165) is 11.8 Å². The number of aromatic nitrogens is 2. The van der Waals surface area contributed by atoms with Crippen LogP contribution in [0.2, 0.25) is 0 Å².